The molecule has 0 unspecified atom stereocenters. The number of thiocarbonyl (C=S) groups is 1. The van der Waals surface area contributed by atoms with Gasteiger partial charge in [0.05, 0.1) is 0 Å². The van der Waals surface area contributed by atoms with Crippen molar-refractivity contribution in [1.29, 1.82) is 0 Å². The molecule has 29 heavy (non-hydrogen) atoms. The third-order valence-electron chi connectivity index (χ3n) is 5.57. The van der Waals surface area contributed by atoms with E-state index in [2.05, 4.69) is 36.5 Å². The molecule has 1 N–H and O–H groups in total. The van der Waals surface area contributed by atoms with Crippen LogP contribution in [0.1, 0.15) is 48.8 Å². The van der Waals surface area contributed by atoms with Crippen LogP contribution in [0.5, 0.6) is 5.75 Å². The monoisotopic (exact) mass is 406 g/mol. The first-order valence-corrected chi connectivity index (χ1v) is 10.7. The number of carbonyl (C=O) groups is 1. The first-order chi connectivity index (χ1) is 14.1. The van der Waals surface area contributed by atoms with Crippen molar-refractivity contribution in [2.24, 2.45) is 0 Å². The lowest BCUT2D eigenvalue weighted by Gasteiger charge is -2.29. The largest absolute Gasteiger partial charge is 0.489 e. The van der Waals surface area contributed by atoms with Gasteiger partial charge >= 0.3 is 0 Å². The maximum absolute atomic E-state index is 12.9. The van der Waals surface area contributed by atoms with Crippen molar-refractivity contribution in [3.05, 3.63) is 70.9 Å². The lowest BCUT2D eigenvalue weighted by atomic mass is 9.94. The Morgan fingerprint density at radius 2 is 1.76 bits per heavy atom. The molecule has 1 aliphatic heterocycles. The Labute approximate surface area is 177 Å². The lowest BCUT2D eigenvalue weighted by molar-refractivity contribution is -0.124. The van der Waals surface area contributed by atoms with Gasteiger partial charge in [-0.1, -0.05) is 61.2 Å². The fourth-order valence-corrected chi connectivity index (χ4v) is 4.24. The predicted molar refractivity (Wildman–Crippen MR) is 119 cm³/mol. The number of ether oxygens (including phenoxy) is 1. The van der Waals surface area contributed by atoms with E-state index in [0.717, 1.165) is 29.7 Å². The molecule has 0 spiro atoms. The van der Waals surface area contributed by atoms with E-state index in [4.69, 9.17) is 17.0 Å². The van der Waals surface area contributed by atoms with E-state index >= 15 is 0 Å². The molecule has 4 nitrogen and oxygen atoms in total. The van der Waals surface area contributed by atoms with Gasteiger partial charge in [0.2, 0.25) is 0 Å². The molecule has 5 heteroatoms. The molecule has 1 aliphatic carbocycles. The second kappa shape index (κ2) is 8.78. The van der Waals surface area contributed by atoms with E-state index in [9.17, 15) is 4.79 Å². The van der Waals surface area contributed by atoms with E-state index in [1.807, 2.05) is 30.3 Å². The first kappa shape index (κ1) is 19.6. The van der Waals surface area contributed by atoms with Crippen molar-refractivity contribution in [3.8, 4) is 5.75 Å². The molecule has 0 atom stereocenters. The number of aryl methyl sites for hydroxylation is 1. The number of rotatable bonds is 5. The van der Waals surface area contributed by atoms with E-state index in [1.54, 1.807) is 4.90 Å². The van der Waals surface area contributed by atoms with Crippen LogP contribution in [0.25, 0.3) is 6.08 Å². The van der Waals surface area contributed by atoms with Crippen molar-refractivity contribution in [2.75, 3.05) is 0 Å². The quantitative estimate of drug-likeness (QED) is 0.563. The highest BCUT2D eigenvalue weighted by Crippen LogP contribution is 2.27. The molecule has 4 rings (SSSR count). The molecule has 1 saturated heterocycles. The van der Waals surface area contributed by atoms with Crippen LogP contribution in [-0.2, 0) is 11.4 Å². The average Bonchev–Trinajstić information content (AvgIpc) is 3.02. The minimum Gasteiger partial charge on any atom is -0.489 e. The Hall–Kier alpha value is -2.66. The van der Waals surface area contributed by atoms with Crippen molar-refractivity contribution in [2.45, 2.75) is 51.7 Å². The summed E-state index contributed by atoms with van der Waals surface area (Å²) in [4.78, 5) is 14.6. The van der Waals surface area contributed by atoms with Crippen molar-refractivity contribution >= 4 is 29.3 Å². The molecule has 2 aromatic carbocycles. The molecular formula is C24H26N2O2S. The minimum atomic E-state index is -0.0124. The van der Waals surface area contributed by atoms with Crippen LogP contribution < -0.4 is 10.1 Å². The second-order valence-electron chi connectivity index (χ2n) is 7.80. The normalized spacial score (nSPS) is 18.9. The fourth-order valence-electron chi connectivity index (χ4n) is 3.90. The lowest BCUT2D eigenvalue weighted by Crippen LogP contribution is -2.41. The molecule has 2 fully saturated rings. The molecule has 2 aromatic rings. The van der Waals surface area contributed by atoms with E-state index < -0.39 is 0 Å². The number of nitrogens with one attached hydrogen (secondary N) is 1. The zero-order chi connectivity index (χ0) is 20.2. The summed E-state index contributed by atoms with van der Waals surface area (Å²) in [5, 5.41) is 3.64. The molecule has 1 amide bonds. The van der Waals surface area contributed by atoms with E-state index in [-0.39, 0.29) is 11.9 Å². The van der Waals surface area contributed by atoms with Gasteiger partial charge in [0.1, 0.15) is 18.1 Å². The molecule has 0 aromatic heterocycles. The number of amides is 1. The van der Waals surface area contributed by atoms with Crippen molar-refractivity contribution in [1.82, 2.24) is 10.2 Å². The predicted octanol–water partition coefficient (Wildman–Crippen LogP) is 4.96. The highest BCUT2D eigenvalue weighted by atomic mass is 32.1. The van der Waals surface area contributed by atoms with Gasteiger partial charge in [0.15, 0.2) is 5.11 Å². The maximum Gasteiger partial charge on any atom is 0.276 e. The van der Waals surface area contributed by atoms with Crippen LogP contribution >= 0.6 is 12.2 Å². The van der Waals surface area contributed by atoms with Crippen LogP contribution in [0.15, 0.2) is 54.2 Å². The van der Waals surface area contributed by atoms with Gasteiger partial charge in [-0.2, -0.15) is 0 Å². The zero-order valence-electron chi connectivity index (χ0n) is 16.7. The highest BCUT2D eigenvalue weighted by Gasteiger charge is 2.36. The summed E-state index contributed by atoms with van der Waals surface area (Å²) < 4.78 is 5.86. The average molecular weight is 407 g/mol. The number of benzene rings is 2. The van der Waals surface area contributed by atoms with Gasteiger partial charge in [-0.3, -0.25) is 9.69 Å². The number of hydrogen-bond donors (Lipinski definition) is 1. The van der Waals surface area contributed by atoms with Crippen LogP contribution in [0.2, 0.25) is 0 Å². The summed E-state index contributed by atoms with van der Waals surface area (Å²) in [6.45, 7) is 2.61. The Balaban J connectivity index is 1.39. The topological polar surface area (TPSA) is 41.6 Å². The zero-order valence-corrected chi connectivity index (χ0v) is 17.5. The van der Waals surface area contributed by atoms with E-state index in [1.165, 1.54) is 24.8 Å². The molecule has 1 heterocycles. The van der Waals surface area contributed by atoms with Gasteiger partial charge < -0.3 is 10.1 Å². The summed E-state index contributed by atoms with van der Waals surface area (Å²) in [7, 11) is 0. The summed E-state index contributed by atoms with van der Waals surface area (Å²) in [6, 6.07) is 16.3. The SMILES string of the molecule is Cc1ccc(COc2ccc(/C=C3/NC(=S)N(C4CCCCC4)C3=O)cc2)cc1. The minimum absolute atomic E-state index is 0.0124. The number of carbonyl (C=O) groups excluding carboxylic acids is 1. The summed E-state index contributed by atoms with van der Waals surface area (Å²) in [5.74, 6) is 0.791. The van der Waals surface area contributed by atoms with Gasteiger partial charge in [0.25, 0.3) is 5.91 Å². The van der Waals surface area contributed by atoms with Crippen LogP contribution in [-0.4, -0.2) is 22.0 Å². The van der Waals surface area contributed by atoms with Gasteiger partial charge in [-0.15, -0.1) is 0 Å². The van der Waals surface area contributed by atoms with E-state index in [0.29, 0.717) is 17.4 Å². The summed E-state index contributed by atoms with van der Waals surface area (Å²) in [5.41, 5.74) is 3.87. The van der Waals surface area contributed by atoms with Gasteiger partial charge in [-0.05, 0) is 61.3 Å². The molecule has 2 aliphatic rings. The molecule has 1 saturated carbocycles. The van der Waals surface area contributed by atoms with Crippen LogP contribution in [0, 0.1) is 6.92 Å². The van der Waals surface area contributed by atoms with Gasteiger partial charge in [0, 0.05) is 6.04 Å². The molecular weight excluding hydrogens is 380 g/mol. The van der Waals surface area contributed by atoms with Gasteiger partial charge in [-0.25, -0.2) is 0 Å². The highest BCUT2D eigenvalue weighted by molar-refractivity contribution is 7.80. The Morgan fingerprint density at radius 3 is 2.45 bits per heavy atom. The molecule has 0 radical (unpaired) electrons. The second-order valence-corrected chi connectivity index (χ2v) is 8.19. The number of hydrogen-bond acceptors (Lipinski definition) is 3. The Bertz CT molecular complexity index is 913. The van der Waals surface area contributed by atoms with Crippen LogP contribution in [0.4, 0.5) is 0 Å². The summed E-state index contributed by atoms with van der Waals surface area (Å²) >= 11 is 5.43. The third kappa shape index (κ3) is 4.67. The Morgan fingerprint density at radius 1 is 1.07 bits per heavy atom. The number of nitrogens with zero attached hydrogens (tertiary/aromatic N) is 1. The molecule has 150 valence electrons. The van der Waals surface area contributed by atoms with Crippen LogP contribution in [0.3, 0.4) is 0 Å². The standard InChI is InChI=1S/C24H26N2O2S/c1-17-7-9-19(10-8-17)16-28-21-13-11-18(12-14-21)15-22-23(27)26(24(29)25-22)20-5-3-2-4-6-20/h7-15,20H,2-6,16H2,1H3,(H,25,29)/b22-15+. The molecule has 0 bridgehead atoms. The van der Waals surface area contributed by atoms with Crippen molar-refractivity contribution in [3.63, 3.8) is 0 Å². The smallest absolute Gasteiger partial charge is 0.276 e. The Kier molecular flexibility index (Phi) is 5.95. The summed E-state index contributed by atoms with van der Waals surface area (Å²) in [6.07, 6.45) is 7.52. The third-order valence-corrected chi connectivity index (χ3v) is 5.87. The fraction of sp³-hybridized carbons (Fsp3) is 0.333. The first-order valence-electron chi connectivity index (χ1n) is 10.2. The van der Waals surface area contributed by atoms with Crippen molar-refractivity contribution < 1.29 is 9.53 Å². The maximum atomic E-state index is 12.9.